The van der Waals surface area contributed by atoms with Gasteiger partial charge < -0.3 is 71.0 Å². The van der Waals surface area contributed by atoms with E-state index in [2.05, 4.69) is 0 Å². The van der Waals surface area contributed by atoms with Crippen LogP contribution in [0.1, 0.15) is 0 Å². The molecule has 0 N–H and O–H groups in total. The summed E-state index contributed by atoms with van der Waals surface area (Å²) in [6, 6.07) is 0. The van der Waals surface area contributed by atoms with E-state index in [9.17, 15) is 0 Å². The third kappa shape index (κ3) is 200. The normalized spacial score (nSPS) is 0.857. The first kappa shape index (κ1) is 90.9. The second-order valence-corrected chi connectivity index (χ2v) is 0. The van der Waals surface area contributed by atoms with E-state index in [0.29, 0.717) is 0 Å². The van der Waals surface area contributed by atoms with Gasteiger partial charge in [-0.05, 0) is 0 Å². The van der Waals surface area contributed by atoms with Crippen LogP contribution in [0.4, 0.5) is 0 Å². The number of nitrogens with zero attached hydrogens (tertiary/aromatic N) is 6. The Balaban J connectivity index is -0.00000000500. The molecule has 0 bridgehead atoms. The molecule has 0 atom stereocenters. The minimum absolute atomic E-state index is 0. The third-order valence-electron chi connectivity index (χ3n) is 0. The second kappa shape index (κ2) is 272. The van der Waals surface area contributed by atoms with Gasteiger partial charge in [-0.2, -0.15) is 0 Å². The molecule has 0 aliphatic heterocycles. The molecule has 0 saturated carbocycles. The fourth-order valence-electron chi connectivity index (χ4n) is 0. The fraction of sp³-hybridized carbons (Fsp3) is 0. The van der Waals surface area contributed by atoms with Gasteiger partial charge in [0.15, 0.2) is 0 Å². The Labute approximate surface area is 105 Å². The molecule has 14 heavy (non-hydrogen) atoms. The zero-order valence-corrected chi connectivity index (χ0v) is 8.87. The summed E-state index contributed by atoms with van der Waals surface area (Å²) in [4.78, 5) is 0. The molecule has 0 rings (SSSR count). The number of hydrogen-bond acceptors (Lipinski definition) is 6. The molecule has 0 aromatic carbocycles. The Bertz CT molecular complexity index is 97.3. The SMILES string of the molecule is [Al+3].[C-]#N.[C-]#N.[C-]#N.[C-]#N.[C-]#N.[C-]#N.[Fe+2]. The van der Waals surface area contributed by atoms with Crippen molar-refractivity contribution >= 4 is 17.4 Å². The van der Waals surface area contributed by atoms with Crippen LogP contribution < -0.4 is 0 Å². The van der Waals surface area contributed by atoms with Crippen LogP contribution in [-0.4, -0.2) is 17.4 Å². The van der Waals surface area contributed by atoms with E-state index >= 15 is 0 Å². The Morgan fingerprint density at radius 2 is 0.357 bits per heavy atom. The van der Waals surface area contributed by atoms with Crippen LogP contribution in [0.15, 0.2) is 0 Å². The van der Waals surface area contributed by atoms with Crippen LogP contribution in [0, 0.1) is 71.0 Å². The van der Waals surface area contributed by atoms with Gasteiger partial charge >= 0.3 is 34.4 Å². The summed E-state index contributed by atoms with van der Waals surface area (Å²) in [5.41, 5.74) is 0. The van der Waals surface area contributed by atoms with Gasteiger partial charge in [-0.25, -0.2) is 0 Å². The molecule has 0 aliphatic rings. The molecule has 0 aromatic heterocycles. The Morgan fingerprint density at radius 3 is 0.357 bits per heavy atom. The van der Waals surface area contributed by atoms with E-state index in [0.717, 1.165) is 0 Å². The van der Waals surface area contributed by atoms with Crippen molar-refractivity contribution in [2.75, 3.05) is 0 Å². The number of rotatable bonds is 0. The maximum absolute atomic E-state index is 6.25. The van der Waals surface area contributed by atoms with E-state index < -0.39 is 0 Å². The molecule has 0 heterocycles. The van der Waals surface area contributed by atoms with E-state index in [4.69, 9.17) is 71.0 Å². The molecule has 0 spiro atoms. The predicted octanol–water partition coefficient (Wildman–Crippen LogP) is 0.195. The van der Waals surface area contributed by atoms with Crippen molar-refractivity contribution in [2.24, 2.45) is 0 Å². The summed E-state index contributed by atoms with van der Waals surface area (Å²) < 4.78 is 0. The summed E-state index contributed by atoms with van der Waals surface area (Å²) in [5, 5.41) is 37.5. The van der Waals surface area contributed by atoms with E-state index in [1.807, 2.05) is 0 Å². The Kier molecular flexibility index (Phi) is 1770. The van der Waals surface area contributed by atoms with Gasteiger partial charge in [-0.1, -0.05) is 0 Å². The summed E-state index contributed by atoms with van der Waals surface area (Å²) >= 11 is 0. The zero-order chi connectivity index (χ0) is 12.0. The Hall–Kier alpha value is -2.01. The molecule has 6 nitrogen and oxygen atoms in total. The molecule has 0 radical (unpaired) electrons. The molecule has 0 unspecified atom stereocenters. The van der Waals surface area contributed by atoms with Gasteiger partial charge in [-0.3, -0.25) is 0 Å². The van der Waals surface area contributed by atoms with Gasteiger partial charge in [0.2, 0.25) is 0 Å². The van der Waals surface area contributed by atoms with Crippen molar-refractivity contribution in [3.8, 4) is 0 Å². The smallest absolute Gasteiger partial charge is 0.512 e. The fourth-order valence-corrected chi connectivity index (χ4v) is 0. The molecular weight excluding hydrogens is 239 g/mol. The second-order valence-electron chi connectivity index (χ2n) is 0. The van der Waals surface area contributed by atoms with Crippen LogP contribution in [0.25, 0.3) is 0 Å². The summed E-state index contributed by atoms with van der Waals surface area (Å²) in [6.45, 7) is 28.5. The van der Waals surface area contributed by atoms with Gasteiger partial charge in [-0.15, -0.1) is 0 Å². The zero-order valence-electron chi connectivity index (χ0n) is 6.61. The average molecular weight is 239 g/mol. The molecule has 66 valence electrons. The van der Waals surface area contributed by atoms with Crippen LogP contribution in [0.5, 0.6) is 0 Å². The topological polar surface area (TPSA) is 143 Å². The molecule has 0 saturated heterocycles. The monoisotopic (exact) mass is 239 g/mol. The van der Waals surface area contributed by atoms with E-state index in [1.54, 1.807) is 0 Å². The summed E-state index contributed by atoms with van der Waals surface area (Å²) in [6.07, 6.45) is 0. The molecule has 0 aliphatic carbocycles. The third-order valence-corrected chi connectivity index (χ3v) is 0. The molecule has 0 amide bonds. The number of hydrogen-bond donors (Lipinski definition) is 0. The van der Waals surface area contributed by atoms with Gasteiger partial charge in [0, 0.05) is 0 Å². The van der Waals surface area contributed by atoms with Crippen molar-refractivity contribution in [3.63, 3.8) is 0 Å². The first-order valence-corrected chi connectivity index (χ1v) is 1.34. The van der Waals surface area contributed by atoms with Crippen LogP contribution >= 0.6 is 0 Å². The summed E-state index contributed by atoms with van der Waals surface area (Å²) in [5.74, 6) is 0. The molecular formula is C6AlFeN6-. The quantitative estimate of drug-likeness (QED) is 0.436. The first-order valence-electron chi connectivity index (χ1n) is 1.34. The largest absolute Gasteiger partial charge is 3.00 e. The van der Waals surface area contributed by atoms with Crippen molar-refractivity contribution < 1.29 is 17.1 Å². The Morgan fingerprint density at radius 1 is 0.357 bits per heavy atom. The average Bonchev–Trinajstić information content (AvgIpc) is 2.33. The van der Waals surface area contributed by atoms with Crippen LogP contribution in [0.3, 0.4) is 0 Å². The summed E-state index contributed by atoms with van der Waals surface area (Å²) in [7, 11) is 0. The van der Waals surface area contributed by atoms with E-state index in [-0.39, 0.29) is 34.4 Å². The van der Waals surface area contributed by atoms with Crippen molar-refractivity contribution in [3.05, 3.63) is 39.4 Å². The van der Waals surface area contributed by atoms with Gasteiger partial charge in [0.25, 0.3) is 0 Å². The first-order chi connectivity index (χ1) is 6.00. The van der Waals surface area contributed by atoms with Gasteiger partial charge in [0.1, 0.15) is 0 Å². The van der Waals surface area contributed by atoms with Crippen LogP contribution in [-0.2, 0) is 17.1 Å². The molecule has 0 fully saturated rings. The van der Waals surface area contributed by atoms with Crippen LogP contribution in [0.2, 0.25) is 0 Å². The molecule has 0 aromatic rings. The minimum Gasteiger partial charge on any atom is -0.512 e. The van der Waals surface area contributed by atoms with Crippen molar-refractivity contribution in [1.82, 2.24) is 0 Å². The van der Waals surface area contributed by atoms with Crippen molar-refractivity contribution in [2.45, 2.75) is 0 Å². The van der Waals surface area contributed by atoms with Crippen molar-refractivity contribution in [1.29, 1.82) is 31.6 Å². The molecule has 8 heteroatoms. The predicted molar refractivity (Wildman–Crippen MR) is 35.6 cm³/mol. The van der Waals surface area contributed by atoms with Gasteiger partial charge in [0.05, 0.1) is 0 Å². The maximum atomic E-state index is 6.25. The standard InChI is InChI=1S/6CN.Al.Fe/c6*1-2;;/q6*-1;+3;+2. The van der Waals surface area contributed by atoms with E-state index in [1.165, 1.54) is 0 Å². The maximum Gasteiger partial charge on any atom is 3.00 e. The minimum atomic E-state index is 0.